The van der Waals surface area contributed by atoms with Crippen molar-refractivity contribution in [2.24, 2.45) is 5.92 Å². The molecule has 0 bridgehead atoms. The summed E-state index contributed by atoms with van der Waals surface area (Å²) in [7, 11) is 1.58. The molecular formula is C18H20N4O3. The molecule has 7 heteroatoms. The molecule has 0 radical (unpaired) electrons. The van der Waals surface area contributed by atoms with Gasteiger partial charge >= 0.3 is 0 Å². The van der Waals surface area contributed by atoms with Crippen molar-refractivity contribution in [2.75, 3.05) is 25.1 Å². The zero-order valence-electron chi connectivity index (χ0n) is 14.1. The van der Waals surface area contributed by atoms with Crippen LogP contribution in [-0.2, 0) is 22.6 Å². The van der Waals surface area contributed by atoms with Gasteiger partial charge < -0.3 is 14.5 Å². The molecule has 4 rings (SSSR count). The summed E-state index contributed by atoms with van der Waals surface area (Å²) in [5.74, 6) is 0.331. The summed E-state index contributed by atoms with van der Waals surface area (Å²) in [5, 5.41) is 7.01. The summed E-state index contributed by atoms with van der Waals surface area (Å²) >= 11 is 0. The lowest BCUT2D eigenvalue weighted by Gasteiger charge is -2.29. The number of H-pyrrole nitrogens is 1. The smallest absolute Gasteiger partial charge is 0.228 e. The molecule has 0 spiro atoms. The van der Waals surface area contributed by atoms with Crippen LogP contribution in [0.1, 0.15) is 17.7 Å². The predicted molar refractivity (Wildman–Crippen MR) is 91.2 cm³/mol. The van der Waals surface area contributed by atoms with Crippen molar-refractivity contribution in [1.29, 1.82) is 0 Å². The van der Waals surface area contributed by atoms with Gasteiger partial charge in [0.05, 0.1) is 24.9 Å². The van der Waals surface area contributed by atoms with Gasteiger partial charge in [0, 0.05) is 43.7 Å². The standard InChI is InChI=1S/C18H20N4O3/c1-25-16-5-3-2-4-15(16)22-11-12(8-17(22)23)18(24)21-7-6-14-13(10-21)9-19-20-14/h2-5,9,12H,6-8,10-11H2,1H3,(H,19,20). The number of hydrogen-bond donors (Lipinski definition) is 1. The van der Waals surface area contributed by atoms with Crippen molar-refractivity contribution < 1.29 is 14.3 Å². The number of carbonyl (C=O) groups is 2. The maximum Gasteiger partial charge on any atom is 0.228 e. The predicted octanol–water partition coefficient (Wildman–Crippen LogP) is 1.36. The maximum atomic E-state index is 12.9. The van der Waals surface area contributed by atoms with Gasteiger partial charge in [-0.05, 0) is 12.1 Å². The number of rotatable bonds is 3. The summed E-state index contributed by atoms with van der Waals surface area (Å²) < 4.78 is 5.35. The highest BCUT2D eigenvalue weighted by molar-refractivity contribution is 6.01. The van der Waals surface area contributed by atoms with Crippen LogP contribution in [-0.4, -0.2) is 47.1 Å². The molecule has 2 amide bonds. The second-order valence-corrected chi connectivity index (χ2v) is 6.46. The Labute approximate surface area is 145 Å². The van der Waals surface area contributed by atoms with E-state index in [4.69, 9.17) is 4.74 Å². The lowest BCUT2D eigenvalue weighted by molar-refractivity contribution is -0.136. The number of para-hydroxylation sites is 2. The molecule has 1 aromatic heterocycles. The number of fused-ring (bicyclic) bond motifs is 1. The van der Waals surface area contributed by atoms with E-state index in [2.05, 4.69) is 10.2 Å². The Bertz CT molecular complexity index is 816. The van der Waals surface area contributed by atoms with Crippen LogP contribution < -0.4 is 9.64 Å². The largest absolute Gasteiger partial charge is 0.495 e. The fraction of sp³-hybridized carbons (Fsp3) is 0.389. The summed E-state index contributed by atoms with van der Waals surface area (Å²) in [6, 6.07) is 7.40. The van der Waals surface area contributed by atoms with E-state index in [0.29, 0.717) is 25.4 Å². The molecule has 1 saturated heterocycles. The maximum absolute atomic E-state index is 12.9. The number of methoxy groups -OCH3 is 1. The topological polar surface area (TPSA) is 78.5 Å². The molecule has 1 N–H and O–H groups in total. The average molecular weight is 340 g/mol. The Balaban J connectivity index is 1.50. The van der Waals surface area contributed by atoms with Gasteiger partial charge in [0.15, 0.2) is 0 Å². The van der Waals surface area contributed by atoms with E-state index < -0.39 is 0 Å². The third-order valence-corrected chi connectivity index (χ3v) is 4.96. The summed E-state index contributed by atoms with van der Waals surface area (Å²) in [6.07, 6.45) is 2.79. The van der Waals surface area contributed by atoms with E-state index in [9.17, 15) is 9.59 Å². The summed E-state index contributed by atoms with van der Waals surface area (Å²) in [6.45, 7) is 1.62. The van der Waals surface area contributed by atoms with Crippen LogP contribution in [0.4, 0.5) is 5.69 Å². The van der Waals surface area contributed by atoms with E-state index in [-0.39, 0.29) is 24.2 Å². The Morgan fingerprint density at radius 2 is 2.20 bits per heavy atom. The third-order valence-electron chi connectivity index (χ3n) is 4.96. The SMILES string of the molecule is COc1ccccc1N1CC(C(=O)N2CCc3[nH]ncc3C2)CC1=O. The Morgan fingerprint density at radius 1 is 1.36 bits per heavy atom. The molecular weight excluding hydrogens is 320 g/mol. The van der Waals surface area contributed by atoms with Gasteiger partial charge in [-0.15, -0.1) is 0 Å². The van der Waals surface area contributed by atoms with Crippen molar-refractivity contribution in [3.63, 3.8) is 0 Å². The van der Waals surface area contributed by atoms with E-state index >= 15 is 0 Å². The molecule has 2 aliphatic rings. The van der Waals surface area contributed by atoms with Crippen LogP contribution >= 0.6 is 0 Å². The first-order valence-electron chi connectivity index (χ1n) is 8.40. The molecule has 0 saturated carbocycles. The third kappa shape index (κ3) is 2.75. The van der Waals surface area contributed by atoms with Gasteiger partial charge in [0.2, 0.25) is 11.8 Å². The number of amides is 2. The highest BCUT2D eigenvalue weighted by atomic mass is 16.5. The molecule has 2 aromatic rings. The van der Waals surface area contributed by atoms with Crippen LogP contribution in [0.25, 0.3) is 0 Å². The zero-order valence-corrected chi connectivity index (χ0v) is 14.1. The number of benzene rings is 1. The second-order valence-electron chi connectivity index (χ2n) is 6.46. The second kappa shape index (κ2) is 6.23. The number of aromatic amines is 1. The van der Waals surface area contributed by atoms with Gasteiger partial charge in [-0.1, -0.05) is 12.1 Å². The van der Waals surface area contributed by atoms with Crippen molar-refractivity contribution >= 4 is 17.5 Å². The first-order valence-corrected chi connectivity index (χ1v) is 8.40. The van der Waals surface area contributed by atoms with Crippen LogP contribution in [0.3, 0.4) is 0 Å². The van der Waals surface area contributed by atoms with Crippen LogP contribution in [0.15, 0.2) is 30.5 Å². The number of hydrogen-bond acceptors (Lipinski definition) is 4. The molecule has 1 unspecified atom stereocenters. The van der Waals surface area contributed by atoms with Gasteiger partial charge in [0.1, 0.15) is 5.75 Å². The van der Waals surface area contributed by atoms with E-state index in [1.807, 2.05) is 29.2 Å². The molecule has 3 heterocycles. The Morgan fingerprint density at radius 3 is 3.04 bits per heavy atom. The number of ether oxygens (including phenoxy) is 1. The lowest BCUT2D eigenvalue weighted by Crippen LogP contribution is -2.40. The normalized spacial score (nSPS) is 19.9. The molecule has 1 fully saturated rings. The first kappa shape index (κ1) is 15.7. The first-order chi connectivity index (χ1) is 12.2. The van der Waals surface area contributed by atoms with Crippen molar-refractivity contribution in [3.05, 3.63) is 41.7 Å². The molecule has 1 atom stereocenters. The zero-order chi connectivity index (χ0) is 17.4. The van der Waals surface area contributed by atoms with Crippen molar-refractivity contribution in [1.82, 2.24) is 15.1 Å². The highest BCUT2D eigenvalue weighted by Gasteiger charge is 2.38. The van der Waals surface area contributed by atoms with Gasteiger partial charge in [0.25, 0.3) is 0 Å². The Hall–Kier alpha value is -2.83. The fourth-order valence-electron chi connectivity index (χ4n) is 3.63. The molecule has 7 nitrogen and oxygen atoms in total. The number of nitrogens with one attached hydrogen (secondary N) is 1. The molecule has 130 valence electrons. The van der Waals surface area contributed by atoms with Crippen LogP contribution in [0, 0.1) is 5.92 Å². The van der Waals surface area contributed by atoms with E-state index in [0.717, 1.165) is 23.4 Å². The molecule has 25 heavy (non-hydrogen) atoms. The molecule has 1 aromatic carbocycles. The quantitative estimate of drug-likeness (QED) is 0.915. The number of aromatic nitrogens is 2. The molecule has 0 aliphatic carbocycles. The fourth-order valence-corrected chi connectivity index (χ4v) is 3.63. The van der Waals surface area contributed by atoms with Gasteiger partial charge in [-0.2, -0.15) is 5.10 Å². The summed E-state index contributed by atoms with van der Waals surface area (Å²) in [4.78, 5) is 28.9. The molecule has 2 aliphatic heterocycles. The van der Waals surface area contributed by atoms with E-state index in [1.165, 1.54) is 0 Å². The van der Waals surface area contributed by atoms with E-state index in [1.54, 1.807) is 18.2 Å². The number of nitrogens with zero attached hydrogens (tertiary/aromatic N) is 3. The monoisotopic (exact) mass is 340 g/mol. The number of anilines is 1. The average Bonchev–Trinajstić information content (AvgIpc) is 3.26. The van der Waals surface area contributed by atoms with Crippen LogP contribution in [0.2, 0.25) is 0 Å². The van der Waals surface area contributed by atoms with Gasteiger partial charge in [-0.25, -0.2) is 0 Å². The minimum Gasteiger partial charge on any atom is -0.495 e. The minimum atomic E-state index is -0.314. The van der Waals surface area contributed by atoms with Gasteiger partial charge in [-0.3, -0.25) is 14.7 Å². The summed E-state index contributed by atoms with van der Waals surface area (Å²) in [5.41, 5.74) is 2.88. The van der Waals surface area contributed by atoms with Crippen LogP contribution in [0.5, 0.6) is 5.75 Å². The number of carbonyl (C=O) groups excluding carboxylic acids is 2. The van der Waals surface area contributed by atoms with Crippen molar-refractivity contribution in [2.45, 2.75) is 19.4 Å². The van der Waals surface area contributed by atoms with Crippen molar-refractivity contribution in [3.8, 4) is 5.75 Å². The highest BCUT2D eigenvalue weighted by Crippen LogP contribution is 2.33. The lowest BCUT2D eigenvalue weighted by atomic mass is 10.0. The minimum absolute atomic E-state index is 0.0381. The Kier molecular flexibility index (Phi) is 3.91.